The van der Waals surface area contributed by atoms with Crippen molar-refractivity contribution in [2.75, 3.05) is 6.54 Å². The van der Waals surface area contributed by atoms with Crippen molar-refractivity contribution in [3.8, 4) is 5.75 Å². The number of carbonyl (C=O) groups excluding carboxylic acids is 1. The zero-order chi connectivity index (χ0) is 16.8. The molecule has 0 saturated heterocycles. The molecule has 0 aliphatic rings. The average molecular weight is 316 g/mol. The summed E-state index contributed by atoms with van der Waals surface area (Å²) in [7, 11) is 0. The zero-order valence-electron chi connectivity index (χ0n) is 14.2. The molecule has 0 aliphatic heterocycles. The van der Waals surface area contributed by atoms with Gasteiger partial charge in [0, 0.05) is 6.54 Å². The molecule has 0 aliphatic carbocycles. The van der Waals surface area contributed by atoms with E-state index in [-0.39, 0.29) is 12.5 Å². The first-order valence-corrected chi connectivity index (χ1v) is 7.97. The maximum absolute atomic E-state index is 12.2. The Morgan fingerprint density at radius 1 is 1.30 bits per heavy atom. The number of aryl methyl sites for hydroxylation is 2. The molecule has 2 aromatic rings. The van der Waals surface area contributed by atoms with Crippen LogP contribution in [-0.2, 0) is 6.61 Å². The molecule has 0 atom stereocenters. The Hall–Kier alpha value is -2.30. The van der Waals surface area contributed by atoms with Crippen LogP contribution in [0.3, 0.4) is 0 Å². The van der Waals surface area contributed by atoms with Gasteiger partial charge in [-0.1, -0.05) is 30.6 Å². The predicted octanol–water partition coefficient (Wildman–Crippen LogP) is 3.71. The van der Waals surface area contributed by atoms with Crippen molar-refractivity contribution >= 4 is 5.91 Å². The van der Waals surface area contributed by atoms with Crippen LogP contribution in [0, 0.1) is 20.8 Å². The van der Waals surface area contributed by atoms with Gasteiger partial charge in [0.05, 0.1) is 5.56 Å². The van der Waals surface area contributed by atoms with E-state index in [2.05, 4.69) is 17.4 Å². The molecule has 5 nitrogen and oxygen atoms in total. The standard InChI is InChI=1S/C18H24N2O3/c1-5-6-10-19-18(21)17-15(14(4)23-20-17)11-22-16-9-7-8-12(2)13(16)3/h7-9H,5-6,10-11H2,1-4H3,(H,19,21). The number of aromatic nitrogens is 1. The Balaban J connectivity index is 2.09. The summed E-state index contributed by atoms with van der Waals surface area (Å²) in [4.78, 5) is 12.2. The number of hydrogen-bond acceptors (Lipinski definition) is 4. The number of carbonyl (C=O) groups is 1. The highest BCUT2D eigenvalue weighted by molar-refractivity contribution is 5.93. The summed E-state index contributed by atoms with van der Waals surface area (Å²) in [5, 5.41) is 6.73. The van der Waals surface area contributed by atoms with E-state index in [1.165, 1.54) is 5.56 Å². The van der Waals surface area contributed by atoms with Crippen molar-refractivity contribution < 1.29 is 14.1 Å². The Morgan fingerprint density at radius 2 is 2.09 bits per heavy atom. The molecule has 0 fully saturated rings. The number of nitrogens with zero attached hydrogens (tertiary/aromatic N) is 1. The molecule has 1 aromatic carbocycles. The number of unbranched alkanes of at least 4 members (excludes halogenated alkanes) is 1. The summed E-state index contributed by atoms with van der Waals surface area (Å²) in [5.74, 6) is 1.20. The molecule has 0 radical (unpaired) electrons. The third-order valence-electron chi connectivity index (χ3n) is 3.94. The van der Waals surface area contributed by atoms with Crippen molar-refractivity contribution in [1.82, 2.24) is 10.5 Å². The minimum atomic E-state index is -0.213. The summed E-state index contributed by atoms with van der Waals surface area (Å²) in [6.07, 6.45) is 1.97. The normalized spacial score (nSPS) is 10.6. The van der Waals surface area contributed by atoms with E-state index < -0.39 is 0 Å². The second kappa shape index (κ2) is 7.81. The molecular formula is C18H24N2O3. The summed E-state index contributed by atoms with van der Waals surface area (Å²) in [6.45, 7) is 8.82. The SMILES string of the molecule is CCCCNC(=O)c1noc(C)c1COc1cccc(C)c1C. The lowest BCUT2D eigenvalue weighted by Crippen LogP contribution is -2.26. The minimum Gasteiger partial charge on any atom is -0.488 e. The molecule has 5 heteroatoms. The van der Waals surface area contributed by atoms with Gasteiger partial charge in [-0.05, 0) is 44.4 Å². The van der Waals surface area contributed by atoms with Crippen molar-refractivity contribution in [2.24, 2.45) is 0 Å². The summed E-state index contributed by atoms with van der Waals surface area (Å²) < 4.78 is 11.1. The van der Waals surface area contributed by atoms with Gasteiger partial charge in [0.2, 0.25) is 0 Å². The van der Waals surface area contributed by atoms with Crippen LogP contribution in [0.15, 0.2) is 22.7 Å². The lowest BCUT2D eigenvalue weighted by Gasteiger charge is -2.11. The lowest BCUT2D eigenvalue weighted by atomic mass is 10.1. The van der Waals surface area contributed by atoms with Crippen LogP contribution in [-0.4, -0.2) is 17.6 Å². The largest absolute Gasteiger partial charge is 0.488 e. The smallest absolute Gasteiger partial charge is 0.273 e. The van der Waals surface area contributed by atoms with E-state index in [4.69, 9.17) is 9.26 Å². The van der Waals surface area contributed by atoms with Crippen molar-refractivity contribution in [2.45, 2.75) is 47.1 Å². The number of rotatable bonds is 7. The third kappa shape index (κ3) is 4.12. The maximum Gasteiger partial charge on any atom is 0.273 e. The molecule has 0 bridgehead atoms. The highest BCUT2D eigenvalue weighted by Crippen LogP contribution is 2.23. The maximum atomic E-state index is 12.2. The molecule has 2 rings (SSSR count). The number of amides is 1. The predicted molar refractivity (Wildman–Crippen MR) is 88.7 cm³/mol. The van der Waals surface area contributed by atoms with Crippen LogP contribution in [0.1, 0.15) is 52.7 Å². The van der Waals surface area contributed by atoms with Gasteiger partial charge in [-0.2, -0.15) is 0 Å². The third-order valence-corrected chi connectivity index (χ3v) is 3.94. The summed E-state index contributed by atoms with van der Waals surface area (Å²) >= 11 is 0. The summed E-state index contributed by atoms with van der Waals surface area (Å²) in [6, 6.07) is 5.92. The van der Waals surface area contributed by atoms with E-state index in [0.29, 0.717) is 23.6 Å². The Kier molecular flexibility index (Phi) is 5.79. The first-order valence-electron chi connectivity index (χ1n) is 7.97. The Labute approximate surface area is 137 Å². The second-order valence-electron chi connectivity index (χ2n) is 5.66. The second-order valence-corrected chi connectivity index (χ2v) is 5.66. The van der Waals surface area contributed by atoms with Crippen LogP contribution in [0.2, 0.25) is 0 Å². The molecule has 124 valence electrons. The monoisotopic (exact) mass is 316 g/mol. The molecule has 1 aromatic heterocycles. The first-order chi connectivity index (χ1) is 11.0. The van der Waals surface area contributed by atoms with Gasteiger partial charge < -0.3 is 14.6 Å². The molecule has 1 N–H and O–H groups in total. The highest BCUT2D eigenvalue weighted by Gasteiger charge is 2.20. The molecule has 1 heterocycles. The van der Waals surface area contributed by atoms with E-state index >= 15 is 0 Å². The Bertz CT molecular complexity index is 677. The molecule has 0 saturated carbocycles. The van der Waals surface area contributed by atoms with Gasteiger partial charge in [-0.3, -0.25) is 4.79 Å². The molecule has 0 spiro atoms. The lowest BCUT2D eigenvalue weighted by molar-refractivity contribution is 0.0942. The number of nitrogens with one attached hydrogen (secondary N) is 1. The van der Waals surface area contributed by atoms with E-state index in [1.54, 1.807) is 6.92 Å². The first kappa shape index (κ1) is 17.1. The van der Waals surface area contributed by atoms with E-state index in [1.807, 2.05) is 32.0 Å². The van der Waals surface area contributed by atoms with Gasteiger partial charge >= 0.3 is 0 Å². The van der Waals surface area contributed by atoms with Gasteiger partial charge in [0.15, 0.2) is 5.69 Å². The molecule has 0 unspecified atom stereocenters. The fourth-order valence-electron chi connectivity index (χ4n) is 2.23. The van der Waals surface area contributed by atoms with Gasteiger partial charge in [0.25, 0.3) is 5.91 Å². The molecule has 1 amide bonds. The average Bonchev–Trinajstić information content (AvgIpc) is 2.90. The van der Waals surface area contributed by atoms with Crippen molar-refractivity contribution in [1.29, 1.82) is 0 Å². The minimum absolute atomic E-state index is 0.213. The van der Waals surface area contributed by atoms with Crippen LogP contribution >= 0.6 is 0 Å². The number of benzene rings is 1. The summed E-state index contributed by atoms with van der Waals surface area (Å²) in [5.41, 5.74) is 3.27. The van der Waals surface area contributed by atoms with Gasteiger partial charge in [-0.25, -0.2) is 0 Å². The van der Waals surface area contributed by atoms with Crippen molar-refractivity contribution in [3.05, 3.63) is 46.3 Å². The fourth-order valence-corrected chi connectivity index (χ4v) is 2.23. The van der Waals surface area contributed by atoms with Gasteiger partial charge in [-0.15, -0.1) is 0 Å². The number of ether oxygens (including phenoxy) is 1. The van der Waals surface area contributed by atoms with E-state index in [9.17, 15) is 4.79 Å². The van der Waals surface area contributed by atoms with Crippen LogP contribution < -0.4 is 10.1 Å². The van der Waals surface area contributed by atoms with E-state index in [0.717, 1.165) is 24.2 Å². The van der Waals surface area contributed by atoms with Crippen LogP contribution in [0.25, 0.3) is 0 Å². The quantitative estimate of drug-likeness (QED) is 0.791. The zero-order valence-corrected chi connectivity index (χ0v) is 14.2. The fraction of sp³-hybridized carbons (Fsp3) is 0.444. The van der Waals surface area contributed by atoms with Crippen molar-refractivity contribution in [3.63, 3.8) is 0 Å². The Morgan fingerprint density at radius 3 is 2.83 bits per heavy atom. The topological polar surface area (TPSA) is 64.4 Å². The molecule has 23 heavy (non-hydrogen) atoms. The number of hydrogen-bond donors (Lipinski definition) is 1. The van der Waals surface area contributed by atoms with Crippen LogP contribution in [0.5, 0.6) is 5.75 Å². The molecular weight excluding hydrogens is 292 g/mol. The van der Waals surface area contributed by atoms with Gasteiger partial charge in [0.1, 0.15) is 18.1 Å². The van der Waals surface area contributed by atoms with Crippen LogP contribution in [0.4, 0.5) is 0 Å². The highest BCUT2D eigenvalue weighted by atomic mass is 16.5.